The van der Waals surface area contributed by atoms with Crippen molar-refractivity contribution in [3.05, 3.63) is 42.0 Å². The minimum absolute atomic E-state index is 0.409. The van der Waals surface area contributed by atoms with Crippen LogP contribution in [0.15, 0.2) is 36.4 Å². The van der Waals surface area contributed by atoms with Crippen LogP contribution in [0.1, 0.15) is 37.7 Å². The third-order valence-corrected chi connectivity index (χ3v) is 5.24. The second-order valence-electron chi connectivity index (χ2n) is 7.17. The van der Waals surface area contributed by atoms with Gasteiger partial charge < -0.3 is 5.11 Å². The molecule has 3 nitrogen and oxygen atoms in total. The zero-order valence-corrected chi connectivity index (χ0v) is 14.2. The average molecular weight is 314 g/mol. The van der Waals surface area contributed by atoms with Crippen molar-refractivity contribution in [3.63, 3.8) is 0 Å². The Bertz CT molecular complexity index is 486. The molecule has 0 unspecified atom stereocenters. The van der Waals surface area contributed by atoms with Gasteiger partial charge in [-0.1, -0.05) is 61.7 Å². The Labute approximate surface area is 140 Å². The molecule has 1 aromatic carbocycles. The molecule has 0 spiro atoms. The van der Waals surface area contributed by atoms with Crippen molar-refractivity contribution in [2.24, 2.45) is 0 Å². The summed E-state index contributed by atoms with van der Waals surface area (Å²) < 4.78 is 0. The van der Waals surface area contributed by atoms with Crippen LogP contribution in [0.2, 0.25) is 0 Å². The lowest BCUT2D eigenvalue weighted by Crippen LogP contribution is -2.52. The Hall–Kier alpha value is -1.16. The van der Waals surface area contributed by atoms with E-state index in [0.29, 0.717) is 0 Å². The maximum atomic E-state index is 10.7. The maximum absolute atomic E-state index is 10.7. The summed E-state index contributed by atoms with van der Waals surface area (Å²) in [6.07, 6.45) is 10.1. The van der Waals surface area contributed by atoms with Gasteiger partial charge in [0.25, 0.3) is 0 Å². The molecule has 2 fully saturated rings. The standard InChI is InChI=1S/C20H30N2O/c23-20(11-5-2-6-12-20)18-22-16-14-21(15-17-22)13-7-10-19-8-3-1-4-9-19/h1,3-4,7-10,23H,2,5-6,11-18H2/b10-7+. The Balaban J connectivity index is 1.39. The van der Waals surface area contributed by atoms with Crippen LogP contribution in [-0.2, 0) is 0 Å². The van der Waals surface area contributed by atoms with Crippen molar-refractivity contribution in [1.82, 2.24) is 9.80 Å². The molecule has 126 valence electrons. The molecule has 23 heavy (non-hydrogen) atoms. The molecule has 1 heterocycles. The molecule has 1 aromatic rings. The number of aliphatic hydroxyl groups is 1. The smallest absolute Gasteiger partial charge is 0.0774 e. The number of benzene rings is 1. The zero-order chi connectivity index (χ0) is 16.0. The van der Waals surface area contributed by atoms with E-state index in [0.717, 1.165) is 52.1 Å². The zero-order valence-electron chi connectivity index (χ0n) is 14.2. The van der Waals surface area contributed by atoms with Gasteiger partial charge in [-0.05, 0) is 18.4 Å². The molecular formula is C20H30N2O. The van der Waals surface area contributed by atoms with Gasteiger partial charge in [-0.2, -0.15) is 0 Å². The molecule has 0 radical (unpaired) electrons. The molecule has 1 aliphatic carbocycles. The minimum Gasteiger partial charge on any atom is -0.389 e. The summed E-state index contributed by atoms with van der Waals surface area (Å²) >= 11 is 0. The second-order valence-corrected chi connectivity index (χ2v) is 7.17. The number of hydrogen-bond donors (Lipinski definition) is 1. The molecule has 1 saturated heterocycles. The fraction of sp³-hybridized carbons (Fsp3) is 0.600. The van der Waals surface area contributed by atoms with E-state index < -0.39 is 5.60 Å². The predicted molar refractivity (Wildman–Crippen MR) is 96.4 cm³/mol. The van der Waals surface area contributed by atoms with Gasteiger partial charge >= 0.3 is 0 Å². The van der Waals surface area contributed by atoms with Crippen LogP contribution in [0, 0.1) is 0 Å². The third-order valence-electron chi connectivity index (χ3n) is 5.24. The number of nitrogens with zero attached hydrogens (tertiary/aromatic N) is 2. The molecule has 0 amide bonds. The van der Waals surface area contributed by atoms with E-state index in [4.69, 9.17) is 0 Å². The van der Waals surface area contributed by atoms with E-state index >= 15 is 0 Å². The molecule has 2 aliphatic rings. The predicted octanol–water partition coefficient (Wildman–Crippen LogP) is 3.01. The number of piperazine rings is 1. The minimum atomic E-state index is -0.409. The second kappa shape index (κ2) is 8.09. The molecule has 0 bridgehead atoms. The number of rotatable bonds is 5. The summed E-state index contributed by atoms with van der Waals surface area (Å²) in [6.45, 7) is 6.28. The van der Waals surface area contributed by atoms with Crippen LogP contribution in [0.25, 0.3) is 6.08 Å². The monoisotopic (exact) mass is 314 g/mol. The average Bonchev–Trinajstić information content (AvgIpc) is 2.58. The lowest BCUT2D eigenvalue weighted by molar-refractivity contribution is -0.0348. The Morgan fingerprint density at radius 2 is 1.57 bits per heavy atom. The van der Waals surface area contributed by atoms with Crippen molar-refractivity contribution in [3.8, 4) is 0 Å². The normalized spacial score (nSPS) is 23.3. The lowest BCUT2D eigenvalue weighted by Gasteiger charge is -2.40. The first kappa shape index (κ1) is 16.7. The summed E-state index contributed by atoms with van der Waals surface area (Å²) in [5.74, 6) is 0. The van der Waals surface area contributed by atoms with E-state index in [9.17, 15) is 5.11 Å². The van der Waals surface area contributed by atoms with Crippen LogP contribution in [-0.4, -0.2) is 59.8 Å². The van der Waals surface area contributed by atoms with E-state index in [1.807, 2.05) is 0 Å². The van der Waals surface area contributed by atoms with Gasteiger partial charge in [-0.15, -0.1) is 0 Å². The van der Waals surface area contributed by atoms with Gasteiger partial charge in [0, 0.05) is 39.3 Å². The van der Waals surface area contributed by atoms with Crippen molar-refractivity contribution in [2.45, 2.75) is 37.7 Å². The highest BCUT2D eigenvalue weighted by molar-refractivity contribution is 5.48. The van der Waals surface area contributed by atoms with Gasteiger partial charge in [0.05, 0.1) is 5.60 Å². The van der Waals surface area contributed by atoms with Crippen LogP contribution < -0.4 is 0 Å². The highest BCUT2D eigenvalue weighted by atomic mass is 16.3. The molecule has 1 N–H and O–H groups in total. The van der Waals surface area contributed by atoms with Crippen molar-refractivity contribution >= 4 is 6.08 Å². The Morgan fingerprint density at radius 1 is 0.913 bits per heavy atom. The summed E-state index contributed by atoms with van der Waals surface area (Å²) in [6, 6.07) is 10.5. The van der Waals surface area contributed by atoms with Crippen molar-refractivity contribution in [1.29, 1.82) is 0 Å². The van der Waals surface area contributed by atoms with Gasteiger partial charge in [0.1, 0.15) is 0 Å². The molecular weight excluding hydrogens is 284 g/mol. The Kier molecular flexibility index (Phi) is 5.87. The largest absolute Gasteiger partial charge is 0.389 e. The van der Waals surface area contributed by atoms with Crippen LogP contribution in [0.3, 0.4) is 0 Å². The fourth-order valence-corrected chi connectivity index (χ4v) is 3.82. The first-order chi connectivity index (χ1) is 11.2. The summed E-state index contributed by atoms with van der Waals surface area (Å²) in [5.41, 5.74) is 0.860. The van der Waals surface area contributed by atoms with Crippen LogP contribution in [0.5, 0.6) is 0 Å². The molecule has 0 aromatic heterocycles. The first-order valence-corrected chi connectivity index (χ1v) is 9.12. The van der Waals surface area contributed by atoms with E-state index in [2.05, 4.69) is 52.3 Å². The highest BCUT2D eigenvalue weighted by Crippen LogP contribution is 2.29. The van der Waals surface area contributed by atoms with Crippen molar-refractivity contribution < 1.29 is 5.11 Å². The molecule has 1 saturated carbocycles. The topological polar surface area (TPSA) is 26.7 Å². The lowest BCUT2D eigenvalue weighted by atomic mass is 9.84. The quantitative estimate of drug-likeness (QED) is 0.905. The Morgan fingerprint density at radius 3 is 2.26 bits per heavy atom. The molecule has 3 rings (SSSR count). The number of β-amino-alcohol motifs (C(OH)–C–C–N with tert-alkyl or cyclic N) is 1. The summed E-state index contributed by atoms with van der Waals surface area (Å²) in [7, 11) is 0. The molecule has 0 atom stereocenters. The number of hydrogen-bond acceptors (Lipinski definition) is 3. The van der Waals surface area contributed by atoms with Gasteiger partial charge in [-0.25, -0.2) is 0 Å². The van der Waals surface area contributed by atoms with Crippen LogP contribution in [0.4, 0.5) is 0 Å². The van der Waals surface area contributed by atoms with E-state index in [1.165, 1.54) is 24.8 Å². The maximum Gasteiger partial charge on any atom is 0.0774 e. The van der Waals surface area contributed by atoms with Crippen LogP contribution >= 0.6 is 0 Å². The summed E-state index contributed by atoms with van der Waals surface area (Å²) in [4.78, 5) is 4.96. The van der Waals surface area contributed by atoms with Crippen molar-refractivity contribution in [2.75, 3.05) is 39.3 Å². The molecule has 1 aliphatic heterocycles. The van der Waals surface area contributed by atoms with Gasteiger partial charge in [0.2, 0.25) is 0 Å². The van der Waals surface area contributed by atoms with E-state index in [1.54, 1.807) is 0 Å². The van der Waals surface area contributed by atoms with E-state index in [-0.39, 0.29) is 0 Å². The van der Waals surface area contributed by atoms with Gasteiger partial charge in [-0.3, -0.25) is 9.80 Å². The van der Waals surface area contributed by atoms with Gasteiger partial charge in [0.15, 0.2) is 0 Å². The third kappa shape index (κ3) is 5.17. The first-order valence-electron chi connectivity index (χ1n) is 9.12. The SMILES string of the molecule is OC1(CN2CCN(C/C=C/c3ccccc3)CC2)CCCCC1. The molecule has 3 heteroatoms. The highest BCUT2D eigenvalue weighted by Gasteiger charge is 2.32. The fourth-order valence-electron chi connectivity index (χ4n) is 3.82. The summed E-state index contributed by atoms with van der Waals surface area (Å²) in [5, 5.41) is 10.7.